The molecule has 0 fully saturated rings. The first-order chi connectivity index (χ1) is 18.9. The van der Waals surface area contributed by atoms with Crippen molar-refractivity contribution in [2.45, 2.75) is 9.79 Å². The van der Waals surface area contributed by atoms with Crippen molar-refractivity contribution in [1.29, 1.82) is 0 Å². The van der Waals surface area contributed by atoms with E-state index in [9.17, 15) is 35.5 Å². The van der Waals surface area contributed by atoms with Crippen LogP contribution in [-0.2, 0) is 20.2 Å². The van der Waals surface area contributed by atoms with Gasteiger partial charge >= 0.3 is 0 Å². The van der Waals surface area contributed by atoms with Crippen molar-refractivity contribution in [2.24, 2.45) is 0 Å². The van der Waals surface area contributed by atoms with Crippen LogP contribution in [0.2, 0.25) is 0 Å². The summed E-state index contributed by atoms with van der Waals surface area (Å²) in [6.45, 7) is 0. The van der Waals surface area contributed by atoms with E-state index >= 15 is 0 Å². The lowest BCUT2D eigenvalue weighted by Crippen LogP contribution is -2.01. The Morgan fingerprint density at radius 1 is 0.550 bits per heavy atom. The molecule has 10 nitrogen and oxygen atoms in total. The standard InChI is InChI=1S/C28H18N2O8S2/c31-27-21-13-19(39(33,34)35)5-7-23(21)29-25(27)11-15-1-3-17-10-16(2-4-18(17)9-15)12-26-28(32)22-14-20(40(36,37)38)6-8-24(22)30-26/h1-14,29-30H,(H,33,34,35)(H,36,37,38). The van der Waals surface area contributed by atoms with Gasteiger partial charge in [-0.15, -0.1) is 0 Å². The minimum Gasteiger partial charge on any atom is -0.352 e. The van der Waals surface area contributed by atoms with Crippen LogP contribution in [0.3, 0.4) is 0 Å². The highest BCUT2D eigenvalue weighted by atomic mass is 32.2. The highest BCUT2D eigenvalue weighted by Gasteiger charge is 2.28. The molecule has 2 aliphatic heterocycles. The van der Waals surface area contributed by atoms with E-state index in [2.05, 4.69) is 10.6 Å². The monoisotopic (exact) mass is 574 g/mol. The molecule has 0 atom stereocenters. The zero-order valence-electron chi connectivity index (χ0n) is 20.2. The summed E-state index contributed by atoms with van der Waals surface area (Å²) in [5, 5.41) is 7.67. The van der Waals surface area contributed by atoms with Gasteiger partial charge in [-0.3, -0.25) is 18.7 Å². The lowest BCUT2D eigenvalue weighted by Gasteiger charge is -2.04. The fraction of sp³-hybridized carbons (Fsp3) is 0. The zero-order chi connectivity index (χ0) is 28.4. The molecule has 0 radical (unpaired) electrons. The first-order valence-corrected chi connectivity index (χ1v) is 14.6. The summed E-state index contributed by atoms with van der Waals surface area (Å²) in [6.07, 6.45) is 3.29. The number of nitrogens with one attached hydrogen (secondary N) is 2. The fourth-order valence-electron chi connectivity index (χ4n) is 4.65. The molecule has 0 saturated carbocycles. The van der Waals surface area contributed by atoms with Crippen LogP contribution in [0, 0.1) is 0 Å². The average molecular weight is 575 g/mol. The van der Waals surface area contributed by atoms with Gasteiger partial charge < -0.3 is 10.6 Å². The van der Waals surface area contributed by atoms with Gasteiger partial charge in [0.1, 0.15) is 0 Å². The number of carbonyl (C=O) groups excluding carboxylic acids is 2. The van der Waals surface area contributed by atoms with Crippen molar-refractivity contribution in [1.82, 2.24) is 0 Å². The minimum atomic E-state index is -4.44. The van der Waals surface area contributed by atoms with Crippen LogP contribution in [-0.4, -0.2) is 37.5 Å². The number of hydrogen-bond acceptors (Lipinski definition) is 8. The molecule has 0 aliphatic carbocycles. The maximum atomic E-state index is 12.8. The molecule has 4 aromatic carbocycles. The molecule has 4 aromatic rings. The summed E-state index contributed by atoms with van der Waals surface area (Å²) in [6, 6.07) is 18.6. The predicted molar refractivity (Wildman–Crippen MR) is 148 cm³/mol. The van der Waals surface area contributed by atoms with E-state index in [4.69, 9.17) is 0 Å². The Labute approximate surface area is 228 Å². The van der Waals surface area contributed by atoms with Crippen LogP contribution in [0.5, 0.6) is 0 Å². The molecule has 6 rings (SSSR count). The SMILES string of the molecule is O=C1C(=Cc2ccc3cc(C=C4Nc5ccc(S(=O)(=O)O)cc5C4=O)ccc3c2)Nc2ccc(S(=O)(=O)O)cc21. The first kappa shape index (κ1) is 25.6. The Bertz CT molecular complexity index is 1950. The second-order valence-electron chi connectivity index (χ2n) is 9.26. The van der Waals surface area contributed by atoms with Gasteiger partial charge in [0.25, 0.3) is 20.2 Å². The van der Waals surface area contributed by atoms with E-state index in [1.54, 1.807) is 24.3 Å². The van der Waals surface area contributed by atoms with E-state index in [0.717, 1.165) is 34.0 Å². The largest absolute Gasteiger partial charge is 0.352 e. The second-order valence-corrected chi connectivity index (χ2v) is 12.1. The number of carbonyl (C=O) groups is 2. The van der Waals surface area contributed by atoms with Crippen LogP contribution in [0.4, 0.5) is 11.4 Å². The molecule has 0 aromatic heterocycles. The van der Waals surface area contributed by atoms with Crippen LogP contribution < -0.4 is 10.6 Å². The first-order valence-electron chi connectivity index (χ1n) is 11.7. The molecule has 4 N–H and O–H groups in total. The molecule has 200 valence electrons. The number of Topliss-reactive ketones (excluding diaryl/α,β-unsaturated/α-hetero) is 2. The maximum Gasteiger partial charge on any atom is 0.294 e. The van der Waals surface area contributed by atoms with Gasteiger partial charge in [0.15, 0.2) is 0 Å². The summed E-state index contributed by atoms with van der Waals surface area (Å²) in [5.74, 6) is -0.804. The average Bonchev–Trinajstić information content (AvgIpc) is 3.38. The summed E-state index contributed by atoms with van der Waals surface area (Å²) in [4.78, 5) is 25.0. The maximum absolute atomic E-state index is 12.8. The Kier molecular flexibility index (Phi) is 5.75. The molecule has 0 unspecified atom stereocenters. The third kappa shape index (κ3) is 4.58. The highest BCUT2D eigenvalue weighted by Crippen LogP contribution is 2.33. The summed E-state index contributed by atoms with van der Waals surface area (Å²) in [5.41, 5.74) is 3.11. The number of anilines is 2. The number of fused-ring (bicyclic) bond motifs is 3. The van der Waals surface area contributed by atoms with Gasteiger partial charge in [-0.2, -0.15) is 16.8 Å². The third-order valence-corrected chi connectivity index (χ3v) is 8.30. The van der Waals surface area contributed by atoms with Crippen LogP contribution >= 0.6 is 0 Å². The van der Waals surface area contributed by atoms with Crippen molar-refractivity contribution in [3.8, 4) is 0 Å². The normalized spacial score (nSPS) is 16.8. The number of benzene rings is 4. The van der Waals surface area contributed by atoms with Crippen molar-refractivity contribution < 1.29 is 35.5 Å². The number of ketones is 2. The molecular formula is C28H18N2O8S2. The lowest BCUT2D eigenvalue weighted by molar-refractivity contribution is 0.103. The molecular weight excluding hydrogens is 556 g/mol. The second kappa shape index (κ2) is 8.96. The topological polar surface area (TPSA) is 167 Å². The number of rotatable bonds is 4. The summed E-state index contributed by atoms with van der Waals surface area (Å²) >= 11 is 0. The van der Waals surface area contributed by atoms with E-state index in [1.165, 1.54) is 24.3 Å². The molecule has 0 amide bonds. The van der Waals surface area contributed by atoms with Crippen LogP contribution in [0.15, 0.2) is 94.0 Å². The Morgan fingerprint density at radius 2 is 0.950 bits per heavy atom. The van der Waals surface area contributed by atoms with E-state index in [1.807, 2.05) is 24.3 Å². The van der Waals surface area contributed by atoms with Gasteiger partial charge in [0, 0.05) is 22.5 Å². The molecule has 2 heterocycles. The van der Waals surface area contributed by atoms with Crippen LogP contribution in [0.1, 0.15) is 31.8 Å². The van der Waals surface area contributed by atoms with Gasteiger partial charge in [0.2, 0.25) is 11.6 Å². The predicted octanol–water partition coefficient (Wildman–Crippen LogP) is 4.63. The molecule has 12 heteroatoms. The van der Waals surface area contributed by atoms with E-state index < -0.39 is 31.8 Å². The summed E-state index contributed by atoms with van der Waals surface area (Å²) < 4.78 is 64.3. The third-order valence-electron chi connectivity index (χ3n) is 6.61. The fourth-order valence-corrected chi connectivity index (χ4v) is 5.67. The smallest absolute Gasteiger partial charge is 0.294 e. The summed E-state index contributed by atoms with van der Waals surface area (Å²) in [7, 11) is -8.88. The van der Waals surface area contributed by atoms with Crippen molar-refractivity contribution in [3.63, 3.8) is 0 Å². The molecule has 0 saturated heterocycles. The van der Waals surface area contributed by atoms with Crippen molar-refractivity contribution in [2.75, 3.05) is 10.6 Å². The van der Waals surface area contributed by atoms with Crippen molar-refractivity contribution in [3.05, 3.63) is 106 Å². The van der Waals surface area contributed by atoms with Gasteiger partial charge in [-0.05, 0) is 82.6 Å². The molecule has 0 bridgehead atoms. The molecule has 0 spiro atoms. The minimum absolute atomic E-state index is 0.145. The van der Waals surface area contributed by atoms with E-state index in [0.29, 0.717) is 11.4 Å². The number of hydrogen-bond donors (Lipinski definition) is 4. The van der Waals surface area contributed by atoms with Gasteiger partial charge in [-0.1, -0.05) is 24.3 Å². The van der Waals surface area contributed by atoms with Crippen LogP contribution in [0.25, 0.3) is 22.9 Å². The van der Waals surface area contributed by atoms with Crippen molar-refractivity contribution >= 4 is 66.1 Å². The highest BCUT2D eigenvalue weighted by molar-refractivity contribution is 7.86. The molecule has 2 aliphatic rings. The quantitative estimate of drug-likeness (QED) is 0.199. The lowest BCUT2D eigenvalue weighted by atomic mass is 10.0. The Balaban J connectivity index is 1.26. The Morgan fingerprint density at radius 3 is 1.32 bits per heavy atom. The number of allylic oxidation sites excluding steroid dienone is 2. The van der Waals surface area contributed by atoms with Gasteiger partial charge in [0.05, 0.1) is 21.2 Å². The Hall–Kier alpha value is -4.62. The van der Waals surface area contributed by atoms with E-state index in [-0.39, 0.29) is 32.3 Å². The molecule has 40 heavy (non-hydrogen) atoms. The zero-order valence-corrected chi connectivity index (χ0v) is 21.9. The van der Waals surface area contributed by atoms with Gasteiger partial charge in [-0.25, -0.2) is 0 Å².